The van der Waals surface area contributed by atoms with Crippen LogP contribution in [0.25, 0.3) is 0 Å². The highest BCUT2D eigenvalue weighted by atomic mass is 16.5. The van der Waals surface area contributed by atoms with E-state index in [1.807, 2.05) is 18.2 Å². The summed E-state index contributed by atoms with van der Waals surface area (Å²) in [5.74, 6) is -0.789. The first-order valence-electron chi connectivity index (χ1n) is 9.85. The summed E-state index contributed by atoms with van der Waals surface area (Å²) in [7, 11) is 0. The van der Waals surface area contributed by atoms with Crippen molar-refractivity contribution in [2.75, 3.05) is 46.2 Å². The van der Waals surface area contributed by atoms with Crippen LogP contribution in [-0.4, -0.2) is 57.3 Å². The molecule has 0 amide bonds. The molecule has 0 radical (unpaired) electrons. The fraction of sp³-hybridized carbons (Fsp3) is 0.667. The van der Waals surface area contributed by atoms with E-state index in [9.17, 15) is 4.79 Å². The van der Waals surface area contributed by atoms with E-state index in [1.165, 1.54) is 5.56 Å². The monoisotopic (exact) mass is 382 g/mol. The van der Waals surface area contributed by atoms with Crippen molar-refractivity contribution in [2.45, 2.75) is 45.1 Å². The standard InChI is InChI=1S/C21H34O6/c22-21(23)11-8-14-25-16-18-26-17-15-24-12-6-1-2-7-13-27-19-20-9-4-3-5-10-20/h3-5,9-10H,1-2,6-8,11-19H2,(H,22,23). The summed E-state index contributed by atoms with van der Waals surface area (Å²) in [6, 6.07) is 10.2. The molecule has 0 saturated carbocycles. The molecule has 0 spiro atoms. The van der Waals surface area contributed by atoms with Crippen LogP contribution in [0.1, 0.15) is 44.1 Å². The summed E-state index contributed by atoms with van der Waals surface area (Å²) in [6.45, 7) is 4.89. The maximum Gasteiger partial charge on any atom is 0.303 e. The average molecular weight is 382 g/mol. The van der Waals surface area contributed by atoms with E-state index in [4.69, 9.17) is 24.1 Å². The van der Waals surface area contributed by atoms with Crippen LogP contribution in [-0.2, 0) is 30.3 Å². The Balaban J connectivity index is 1.69. The Kier molecular flexibility index (Phi) is 15.6. The second-order valence-electron chi connectivity index (χ2n) is 6.29. The third kappa shape index (κ3) is 16.4. The van der Waals surface area contributed by atoms with Gasteiger partial charge >= 0.3 is 5.97 Å². The minimum absolute atomic E-state index is 0.148. The largest absolute Gasteiger partial charge is 0.481 e. The molecule has 27 heavy (non-hydrogen) atoms. The fourth-order valence-electron chi connectivity index (χ4n) is 2.39. The highest BCUT2D eigenvalue weighted by Crippen LogP contribution is 2.04. The molecule has 1 rings (SSSR count). The second kappa shape index (κ2) is 17.9. The zero-order valence-corrected chi connectivity index (χ0v) is 16.3. The minimum Gasteiger partial charge on any atom is -0.481 e. The predicted octanol–water partition coefficient (Wildman–Crippen LogP) is 3.68. The summed E-state index contributed by atoms with van der Waals surface area (Å²) >= 11 is 0. The second-order valence-corrected chi connectivity index (χ2v) is 6.29. The summed E-state index contributed by atoms with van der Waals surface area (Å²) < 4.78 is 21.8. The smallest absolute Gasteiger partial charge is 0.303 e. The topological polar surface area (TPSA) is 74.2 Å². The molecule has 0 bridgehead atoms. The van der Waals surface area contributed by atoms with Crippen molar-refractivity contribution in [3.05, 3.63) is 35.9 Å². The van der Waals surface area contributed by atoms with Gasteiger partial charge in [0.25, 0.3) is 0 Å². The van der Waals surface area contributed by atoms with Gasteiger partial charge in [0.15, 0.2) is 0 Å². The van der Waals surface area contributed by atoms with Crippen molar-refractivity contribution < 1.29 is 28.8 Å². The van der Waals surface area contributed by atoms with E-state index < -0.39 is 5.97 Å². The highest BCUT2D eigenvalue weighted by molar-refractivity contribution is 5.66. The van der Waals surface area contributed by atoms with Gasteiger partial charge in [0.1, 0.15) is 0 Å². The molecular formula is C21H34O6. The average Bonchev–Trinajstić information content (AvgIpc) is 2.67. The zero-order valence-electron chi connectivity index (χ0n) is 16.3. The van der Waals surface area contributed by atoms with Crippen molar-refractivity contribution in [1.82, 2.24) is 0 Å². The van der Waals surface area contributed by atoms with E-state index in [-0.39, 0.29) is 6.42 Å². The Morgan fingerprint density at radius 1 is 0.667 bits per heavy atom. The summed E-state index contributed by atoms with van der Waals surface area (Å²) in [6.07, 6.45) is 5.15. The molecule has 1 aromatic rings. The van der Waals surface area contributed by atoms with Crippen molar-refractivity contribution in [2.24, 2.45) is 0 Å². The van der Waals surface area contributed by atoms with Gasteiger partial charge in [-0.1, -0.05) is 43.2 Å². The van der Waals surface area contributed by atoms with Crippen LogP contribution in [0.3, 0.4) is 0 Å². The zero-order chi connectivity index (χ0) is 19.4. The van der Waals surface area contributed by atoms with E-state index in [0.29, 0.717) is 46.1 Å². The Morgan fingerprint density at radius 3 is 1.78 bits per heavy atom. The third-order valence-electron chi connectivity index (χ3n) is 3.86. The molecule has 0 heterocycles. The maximum atomic E-state index is 10.3. The molecule has 154 valence electrons. The van der Waals surface area contributed by atoms with Gasteiger partial charge in [-0.25, -0.2) is 0 Å². The first kappa shape index (κ1) is 23.6. The van der Waals surface area contributed by atoms with Crippen LogP contribution in [0, 0.1) is 0 Å². The molecule has 0 saturated heterocycles. The number of unbranched alkanes of at least 4 members (excludes halogenated alkanes) is 3. The number of ether oxygens (including phenoxy) is 4. The normalized spacial score (nSPS) is 11.0. The van der Waals surface area contributed by atoms with Crippen LogP contribution in [0.4, 0.5) is 0 Å². The van der Waals surface area contributed by atoms with Gasteiger partial charge < -0.3 is 24.1 Å². The molecule has 6 nitrogen and oxygen atoms in total. The minimum atomic E-state index is -0.789. The van der Waals surface area contributed by atoms with Crippen molar-refractivity contribution >= 4 is 5.97 Å². The van der Waals surface area contributed by atoms with Gasteiger partial charge in [-0.3, -0.25) is 4.79 Å². The van der Waals surface area contributed by atoms with Crippen LogP contribution in [0.15, 0.2) is 30.3 Å². The molecule has 0 aliphatic heterocycles. The third-order valence-corrected chi connectivity index (χ3v) is 3.86. The maximum absolute atomic E-state index is 10.3. The molecule has 6 heteroatoms. The Hall–Kier alpha value is -1.47. The quantitative estimate of drug-likeness (QED) is 0.368. The number of benzene rings is 1. The first-order chi connectivity index (χ1) is 13.3. The van der Waals surface area contributed by atoms with Crippen molar-refractivity contribution in [3.63, 3.8) is 0 Å². The molecule has 0 atom stereocenters. The van der Waals surface area contributed by atoms with Gasteiger partial charge in [0, 0.05) is 26.2 Å². The lowest BCUT2D eigenvalue weighted by molar-refractivity contribution is -0.137. The number of aliphatic carboxylic acids is 1. The number of hydrogen-bond donors (Lipinski definition) is 1. The van der Waals surface area contributed by atoms with E-state index in [0.717, 1.165) is 38.9 Å². The van der Waals surface area contributed by atoms with Gasteiger partial charge in [0.05, 0.1) is 33.0 Å². The Morgan fingerprint density at radius 2 is 1.19 bits per heavy atom. The molecule has 0 aliphatic rings. The van der Waals surface area contributed by atoms with Crippen LogP contribution in [0.5, 0.6) is 0 Å². The van der Waals surface area contributed by atoms with Crippen LogP contribution < -0.4 is 0 Å². The van der Waals surface area contributed by atoms with Gasteiger partial charge in [-0.2, -0.15) is 0 Å². The van der Waals surface area contributed by atoms with Gasteiger partial charge in [0.2, 0.25) is 0 Å². The van der Waals surface area contributed by atoms with Gasteiger partial charge in [-0.05, 0) is 24.8 Å². The predicted molar refractivity (Wildman–Crippen MR) is 104 cm³/mol. The Bertz CT molecular complexity index is 451. The number of rotatable bonds is 19. The van der Waals surface area contributed by atoms with E-state index >= 15 is 0 Å². The number of carboxylic acids is 1. The molecule has 0 fully saturated rings. The van der Waals surface area contributed by atoms with Crippen molar-refractivity contribution in [3.8, 4) is 0 Å². The van der Waals surface area contributed by atoms with Crippen molar-refractivity contribution in [1.29, 1.82) is 0 Å². The summed E-state index contributed by atoms with van der Waals surface area (Å²) in [5, 5.41) is 8.48. The van der Waals surface area contributed by atoms with E-state index in [2.05, 4.69) is 12.1 Å². The lowest BCUT2D eigenvalue weighted by Crippen LogP contribution is -2.10. The highest BCUT2D eigenvalue weighted by Gasteiger charge is 1.97. The molecule has 1 N–H and O–H groups in total. The number of carbonyl (C=O) groups is 1. The lowest BCUT2D eigenvalue weighted by atomic mass is 10.2. The van der Waals surface area contributed by atoms with Crippen LogP contribution in [0.2, 0.25) is 0 Å². The molecule has 0 aliphatic carbocycles. The molecule has 0 aromatic heterocycles. The fourth-order valence-corrected chi connectivity index (χ4v) is 2.39. The SMILES string of the molecule is O=C(O)CCCOCCOCCOCCCCCCOCc1ccccc1. The van der Waals surface area contributed by atoms with Gasteiger partial charge in [-0.15, -0.1) is 0 Å². The Labute approximate surface area is 162 Å². The molecule has 0 unspecified atom stereocenters. The number of carboxylic acid groups (broad SMARTS) is 1. The first-order valence-corrected chi connectivity index (χ1v) is 9.85. The lowest BCUT2D eigenvalue weighted by Gasteiger charge is -2.07. The number of hydrogen-bond acceptors (Lipinski definition) is 5. The van der Waals surface area contributed by atoms with Crippen LogP contribution >= 0.6 is 0 Å². The summed E-state index contributed by atoms with van der Waals surface area (Å²) in [5.41, 5.74) is 1.22. The van der Waals surface area contributed by atoms with E-state index in [1.54, 1.807) is 0 Å². The summed E-state index contributed by atoms with van der Waals surface area (Å²) in [4.78, 5) is 10.3. The molecule has 1 aromatic carbocycles. The molecular weight excluding hydrogens is 348 g/mol.